The molecular formula is C56H101IN10O8Si4. The van der Waals surface area contributed by atoms with Crippen LogP contribution in [0.4, 0.5) is 21.2 Å². The van der Waals surface area contributed by atoms with Crippen LogP contribution in [0.15, 0.2) is 30.6 Å². The second kappa shape index (κ2) is 28.9. The van der Waals surface area contributed by atoms with Crippen molar-refractivity contribution in [1.82, 2.24) is 39.0 Å². The van der Waals surface area contributed by atoms with Crippen LogP contribution in [0, 0.1) is 3.57 Å². The number of amides is 2. The van der Waals surface area contributed by atoms with Gasteiger partial charge in [-0.15, -0.1) is 0 Å². The zero-order valence-electron chi connectivity index (χ0n) is 51.8. The molecule has 446 valence electrons. The summed E-state index contributed by atoms with van der Waals surface area (Å²) in [6.45, 7) is 47.0. The minimum absolute atomic E-state index is 0.109. The van der Waals surface area contributed by atoms with Crippen molar-refractivity contribution in [2.45, 2.75) is 193 Å². The van der Waals surface area contributed by atoms with Gasteiger partial charge in [0.2, 0.25) is 0 Å². The zero-order chi connectivity index (χ0) is 58.6. The standard InChI is InChI=1S/C28H50IN5O4Si2.C28H51N5O4Si2/c1-28(2,3)38-27(35)32-12-10-11-22(19-32)24-17-25(34-26(31-24)23(29)18-30-34)33(20-36-13-15-39(4,5)6)21-37-14-16-40(7,8)9;1-28(2,3)37-27(34)31-14-10-11-23(20-31)24-19-26(33-25(30-24)12-13-29-33)32(21-35-15-17-38(4,5)6)22-36-16-18-39(7,8)9/h17-18,22H,10-16,19-21H2,1-9H3;12-13,19,23H,10-11,14-18,20-22H2,1-9H3. The highest BCUT2D eigenvalue weighted by molar-refractivity contribution is 14.1. The van der Waals surface area contributed by atoms with Gasteiger partial charge in [-0.1, -0.05) is 78.6 Å². The van der Waals surface area contributed by atoms with Gasteiger partial charge in [0, 0.05) is 115 Å². The van der Waals surface area contributed by atoms with Crippen LogP contribution in [0.5, 0.6) is 0 Å². The highest BCUT2D eigenvalue weighted by Gasteiger charge is 2.33. The number of rotatable bonds is 24. The Morgan fingerprint density at radius 3 is 1.34 bits per heavy atom. The molecule has 0 N–H and O–H groups in total. The number of halogens is 1. The van der Waals surface area contributed by atoms with Gasteiger partial charge in [0.25, 0.3) is 0 Å². The third-order valence-corrected chi connectivity index (χ3v) is 21.0. The van der Waals surface area contributed by atoms with Crippen molar-refractivity contribution < 1.29 is 38.0 Å². The van der Waals surface area contributed by atoms with Crippen LogP contribution in [0.3, 0.4) is 0 Å². The average molecular weight is 1280 g/mol. The van der Waals surface area contributed by atoms with Gasteiger partial charge in [-0.3, -0.25) is 0 Å². The maximum absolute atomic E-state index is 12.9. The van der Waals surface area contributed by atoms with Crippen LogP contribution in [0.1, 0.15) is 90.4 Å². The number of anilines is 2. The lowest BCUT2D eigenvalue weighted by molar-refractivity contribution is 0.0187. The number of likely N-dealkylation sites (tertiary alicyclic amines) is 2. The first-order chi connectivity index (χ1) is 36.6. The predicted molar refractivity (Wildman–Crippen MR) is 339 cm³/mol. The Morgan fingerprint density at radius 2 is 0.962 bits per heavy atom. The molecular weight excluding hydrogens is 1180 g/mol. The molecule has 6 heterocycles. The van der Waals surface area contributed by atoms with Gasteiger partial charge in [-0.2, -0.15) is 19.2 Å². The highest BCUT2D eigenvalue weighted by Crippen LogP contribution is 2.33. The van der Waals surface area contributed by atoms with Gasteiger partial charge in [-0.05, 0) is 114 Å². The van der Waals surface area contributed by atoms with E-state index in [4.69, 9.17) is 38.4 Å². The number of carbonyl (C=O) groups excluding carboxylic acids is 2. The molecule has 79 heavy (non-hydrogen) atoms. The van der Waals surface area contributed by atoms with Crippen molar-refractivity contribution in [1.29, 1.82) is 0 Å². The molecule has 0 aliphatic carbocycles. The number of hydrogen-bond acceptors (Lipinski definition) is 14. The third-order valence-electron chi connectivity index (χ3n) is 13.4. The summed E-state index contributed by atoms with van der Waals surface area (Å²) in [6.07, 6.45) is 6.86. The number of piperidine rings is 2. The summed E-state index contributed by atoms with van der Waals surface area (Å²) in [5.74, 6) is 2.03. The van der Waals surface area contributed by atoms with Gasteiger partial charge in [0.05, 0.1) is 27.4 Å². The van der Waals surface area contributed by atoms with Crippen molar-refractivity contribution in [2.24, 2.45) is 0 Å². The summed E-state index contributed by atoms with van der Waals surface area (Å²) in [4.78, 5) is 43.5. The van der Waals surface area contributed by atoms with Gasteiger partial charge < -0.3 is 48.0 Å². The molecule has 18 nitrogen and oxygen atoms in total. The van der Waals surface area contributed by atoms with Crippen LogP contribution >= 0.6 is 22.6 Å². The fraction of sp³-hybridized carbons (Fsp3) is 0.750. The summed E-state index contributed by atoms with van der Waals surface area (Å²) < 4.78 is 40.9. The number of hydrogen-bond donors (Lipinski definition) is 0. The largest absolute Gasteiger partial charge is 0.444 e. The monoisotopic (exact) mass is 1280 g/mol. The molecule has 0 saturated carbocycles. The number of nitrogens with zero attached hydrogens (tertiary/aromatic N) is 10. The van der Waals surface area contributed by atoms with E-state index in [2.05, 4.69) is 133 Å². The Labute approximate surface area is 491 Å². The van der Waals surface area contributed by atoms with Gasteiger partial charge in [-0.25, -0.2) is 19.6 Å². The molecule has 6 rings (SSSR count). The molecule has 2 fully saturated rings. The number of fused-ring (bicyclic) bond motifs is 2. The van der Waals surface area contributed by atoms with Gasteiger partial charge in [0.1, 0.15) is 49.8 Å². The van der Waals surface area contributed by atoms with Crippen molar-refractivity contribution in [3.63, 3.8) is 0 Å². The molecule has 2 atom stereocenters. The normalized spacial score (nSPS) is 17.0. The lowest BCUT2D eigenvalue weighted by Gasteiger charge is -2.34. The molecule has 0 bridgehead atoms. The molecule has 0 aromatic carbocycles. The summed E-state index contributed by atoms with van der Waals surface area (Å²) in [6, 6.07) is 10.6. The van der Waals surface area contributed by atoms with Crippen LogP contribution in [-0.4, -0.2) is 174 Å². The molecule has 2 saturated heterocycles. The molecule has 2 amide bonds. The molecule has 0 radical (unpaired) electrons. The van der Waals surface area contributed by atoms with Crippen molar-refractivity contribution in [3.8, 4) is 0 Å². The fourth-order valence-electron chi connectivity index (χ4n) is 8.70. The second-order valence-corrected chi connectivity index (χ2v) is 52.1. The maximum atomic E-state index is 12.9. The number of carbonyl (C=O) groups is 2. The van der Waals surface area contributed by atoms with Crippen LogP contribution in [-0.2, 0) is 28.4 Å². The first-order valence-corrected chi connectivity index (χ1v) is 44.7. The van der Waals surface area contributed by atoms with E-state index >= 15 is 0 Å². The maximum Gasteiger partial charge on any atom is 0.410 e. The number of ether oxygens (including phenoxy) is 6. The molecule has 23 heteroatoms. The summed E-state index contributed by atoms with van der Waals surface area (Å²) in [7, 11) is -4.80. The third kappa shape index (κ3) is 23.5. The van der Waals surface area contributed by atoms with E-state index in [9.17, 15) is 9.59 Å². The first-order valence-electron chi connectivity index (χ1n) is 28.8. The minimum Gasteiger partial charge on any atom is -0.444 e. The molecule has 2 unspecified atom stereocenters. The highest BCUT2D eigenvalue weighted by atomic mass is 127. The van der Waals surface area contributed by atoms with Crippen LogP contribution in [0.2, 0.25) is 103 Å². The van der Waals surface area contributed by atoms with E-state index in [1.54, 1.807) is 6.20 Å². The molecule has 2 aliphatic rings. The smallest absolute Gasteiger partial charge is 0.410 e. The van der Waals surface area contributed by atoms with E-state index in [-0.39, 0.29) is 24.0 Å². The van der Waals surface area contributed by atoms with Crippen molar-refractivity contribution >= 4 is 90.0 Å². The van der Waals surface area contributed by atoms with E-state index in [0.29, 0.717) is 53.1 Å². The lowest BCUT2D eigenvalue weighted by Crippen LogP contribution is -2.42. The first kappa shape index (κ1) is 66.6. The van der Waals surface area contributed by atoms with Crippen molar-refractivity contribution in [3.05, 3.63) is 45.6 Å². The predicted octanol–water partition coefficient (Wildman–Crippen LogP) is 13.2. The van der Waals surface area contributed by atoms with Gasteiger partial charge >= 0.3 is 12.2 Å². The van der Waals surface area contributed by atoms with E-state index in [0.717, 1.165) is 114 Å². The van der Waals surface area contributed by atoms with Crippen molar-refractivity contribution in [2.75, 3.05) is 89.3 Å². The Balaban J connectivity index is 0.000000291. The SMILES string of the molecule is CC(C)(C)OC(=O)N1CCCC(c2cc(N(COCC[Si](C)(C)C)COCC[Si](C)(C)C)n3ncc(I)c3n2)C1.CC(C)(C)OC(=O)N1CCCC(c2cc(N(COCC[Si](C)(C)C)COCC[Si](C)(C)C)n3nccc3n2)C1. The second-order valence-electron chi connectivity index (χ2n) is 28.4. The zero-order valence-corrected chi connectivity index (χ0v) is 58.0. The Morgan fingerprint density at radius 1 is 0.582 bits per heavy atom. The Hall–Kier alpha value is -3.18. The fourth-order valence-corrected chi connectivity index (χ4v) is 12.2. The van der Waals surface area contributed by atoms with E-state index in [1.165, 1.54) is 0 Å². The van der Waals surface area contributed by atoms with E-state index in [1.807, 2.05) is 72.6 Å². The number of aromatic nitrogens is 6. The van der Waals surface area contributed by atoms with E-state index < -0.39 is 43.5 Å². The molecule has 4 aromatic heterocycles. The molecule has 0 spiro atoms. The average Bonchev–Trinajstić information content (AvgIpc) is 4.07. The Kier molecular flexibility index (Phi) is 24.4. The van der Waals surface area contributed by atoms with Crippen LogP contribution < -0.4 is 9.80 Å². The summed E-state index contributed by atoms with van der Waals surface area (Å²) in [5, 5.41) is 9.24. The lowest BCUT2D eigenvalue weighted by atomic mass is 9.94. The summed E-state index contributed by atoms with van der Waals surface area (Å²) in [5.41, 5.74) is 2.48. The molecule has 4 aromatic rings. The molecule has 2 aliphatic heterocycles. The quantitative estimate of drug-likeness (QED) is 0.0282. The Bertz CT molecular complexity index is 2500. The topological polar surface area (TPSA) is 163 Å². The van der Waals surface area contributed by atoms with Crippen LogP contribution in [0.25, 0.3) is 11.3 Å². The van der Waals surface area contributed by atoms with Gasteiger partial charge in [0.15, 0.2) is 11.3 Å². The minimum atomic E-state index is -1.20. The summed E-state index contributed by atoms with van der Waals surface area (Å²) >= 11 is 2.29.